The molecule has 0 aliphatic rings. The average molecular weight is 298 g/mol. The van der Waals surface area contributed by atoms with E-state index in [-0.39, 0.29) is 0 Å². The van der Waals surface area contributed by atoms with Gasteiger partial charge in [0.05, 0.1) is 0 Å². The maximum absolute atomic E-state index is 5.52. The molecule has 3 nitrogen and oxygen atoms in total. The lowest BCUT2D eigenvalue weighted by molar-refractivity contribution is 0.110. The highest BCUT2D eigenvalue weighted by atomic mass is 32.2. The molecule has 0 rings (SSSR count). The van der Waals surface area contributed by atoms with Gasteiger partial charge in [-0.1, -0.05) is 13.8 Å². The van der Waals surface area contributed by atoms with Gasteiger partial charge in [0.1, 0.15) is 0 Å². The van der Waals surface area contributed by atoms with Crippen molar-refractivity contribution in [2.24, 2.45) is 0 Å². The second kappa shape index (κ2) is 15.1. The van der Waals surface area contributed by atoms with E-state index in [2.05, 4.69) is 26.5 Å². The molecule has 7 heteroatoms. The predicted octanol–water partition coefficient (Wildman–Crippen LogP) is 2.46. The predicted molar refractivity (Wildman–Crippen MR) is 83.5 cm³/mol. The molecule has 102 valence electrons. The van der Waals surface area contributed by atoms with Gasteiger partial charge in [0, 0.05) is 37.1 Å². The topological polar surface area (TPSA) is 27.7 Å². The molecular formula is C10H23BO3S3. The Hall–Kier alpha value is 0.995. The van der Waals surface area contributed by atoms with Crippen LogP contribution < -0.4 is 0 Å². The van der Waals surface area contributed by atoms with Gasteiger partial charge in [-0.3, -0.25) is 0 Å². The van der Waals surface area contributed by atoms with Crippen LogP contribution >= 0.6 is 36.2 Å². The van der Waals surface area contributed by atoms with E-state index < -0.39 is 7.32 Å². The van der Waals surface area contributed by atoms with Crippen LogP contribution in [0.4, 0.5) is 0 Å². The monoisotopic (exact) mass is 298 g/mol. The summed E-state index contributed by atoms with van der Waals surface area (Å²) in [7, 11) is -0.530. The van der Waals surface area contributed by atoms with Crippen LogP contribution in [0.2, 0.25) is 0 Å². The lowest BCUT2D eigenvalue weighted by Gasteiger charge is -2.13. The third kappa shape index (κ3) is 13.2. The molecule has 0 fully saturated rings. The Morgan fingerprint density at radius 3 is 1.76 bits per heavy atom. The van der Waals surface area contributed by atoms with E-state index in [0.717, 1.165) is 23.0 Å². The number of hydrogen-bond acceptors (Lipinski definition) is 6. The fraction of sp³-hybridized carbons (Fsp3) is 1.00. The van der Waals surface area contributed by atoms with Gasteiger partial charge in [0.2, 0.25) is 0 Å². The van der Waals surface area contributed by atoms with Crippen LogP contribution in [0.3, 0.4) is 0 Å². The van der Waals surface area contributed by atoms with Gasteiger partial charge >= 0.3 is 7.32 Å². The second-order valence-corrected chi connectivity index (χ2v) is 6.25. The van der Waals surface area contributed by atoms with Crippen LogP contribution in [0, 0.1) is 0 Å². The minimum absolute atomic E-state index is 0.530. The van der Waals surface area contributed by atoms with Crippen LogP contribution in [0.25, 0.3) is 0 Å². The molecule has 17 heavy (non-hydrogen) atoms. The molecule has 0 unspecified atom stereocenters. The molecule has 0 N–H and O–H groups in total. The van der Waals surface area contributed by atoms with Crippen LogP contribution in [-0.4, -0.2) is 55.9 Å². The summed E-state index contributed by atoms with van der Waals surface area (Å²) in [5.74, 6) is 4.85. The van der Waals surface area contributed by atoms with E-state index in [1.54, 1.807) is 0 Å². The van der Waals surface area contributed by atoms with E-state index in [1.807, 2.05) is 23.5 Å². The lowest BCUT2D eigenvalue weighted by Crippen LogP contribution is -2.30. The van der Waals surface area contributed by atoms with Crippen molar-refractivity contribution >= 4 is 43.5 Å². The minimum atomic E-state index is -0.530. The van der Waals surface area contributed by atoms with Crippen molar-refractivity contribution in [3.05, 3.63) is 0 Å². The quantitative estimate of drug-likeness (QED) is 0.320. The van der Waals surface area contributed by atoms with Crippen molar-refractivity contribution in [2.75, 3.05) is 48.6 Å². The van der Waals surface area contributed by atoms with Crippen molar-refractivity contribution in [3.8, 4) is 0 Å². The Morgan fingerprint density at radius 2 is 1.35 bits per heavy atom. The fourth-order valence-electron chi connectivity index (χ4n) is 0.988. The summed E-state index contributed by atoms with van der Waals surface area (Å²) in [5, 5.41) is 0. The maximum atomic E-state index is 5.52. The Labute approximate surface area is 120 Å². The summed E-state index contributed by atoms with van der Waals surface area (Å²) in [6.07, 6.45) is 0. The summed E-state index contributed by atoms with van der Waals surface area (Å²) >= 11 is 7.80. The van der Waals surface area contributed by atoms with E-state index in [0.29, 0.717) is 25.6 Å². The van der Waals surface area contributed by atoms with Crippen LogP contribution in [0.15, 0.2) is 0 Å². The number of thiol groups is 1. The molecule has 0 aromatic carbocycles. The van der Waals surface area contributed by atoms with Gasteiger partial charge in [0.15, 0.2) is 0 Å². The second-order valence-electron chi connectivity index (χ2n) is 3.02. The first-order chi connectivity index (χ1) is 8.35. The van der Waals surface area contributed by atoms with Crippen LogP contribution in [0.5, 0.6) is 0 Å². The van der Waals surface area contributed by atoms with E-state index >= 15 is 0 Å². The van der Waals surface area contributed by atoms with Crippen molar-refractivity contribution in [1.82, 2.24) is 0 Å². The normalized spacial score (nSPS) is 10.8. The molecule has 0 aliphatic carbocycles. The third-order valence-corrected chi connectivity index (χ3v) is 3.63. The zero-order valence-electron chi connectivity index (χ0n) is 10.7. The summed E-state index contributed by atoms with van der Waals surface area (Å²) in [5.41, 5.74) is 0. The van der Waals surface area contributed by atoms with Gasteiger partial charge in [-0.05, 0) is 11.5 Å². The molecule has 0 aliphatic heterocycles. The van der Waals surface area contributed by atoms with E-state index in [4.69, 9.17) is 14.0 Å². The molecule has 0 heterocycles. The third-order valence-electron chi connectivity index (χ3n) is 1.72. The average Bonchev–Trinajstić information content (AvgIpc) is 2.35. The first-order valence-corrected chi connectivity index (χ1v) is 8.90. The Morgan fingerprint density at radius 1 is 0.882 bits per heavy atom. The molecule has 0 radical (unpaired) electrons. The number of hydrogen-bond donors (Lipinski definition) is 1. The lowest BCUT2D eigenvalue weighted by atomic mass is 10.2. The molecule has 0 aromatic rings. The zero-order valence-corrected chi connectivity index (χ0v) is 13.3. The van der Waals surface area contributed by atoms with Crippen molar-refractivity contribution in [2.45, 2.75) is 13.8 Å². The molecular weight excluding hydrogens is 275 g/mol. The minimum Gasteiger partial charge on any atom is -0.385 e. The maximum Gasteiger partial charge on any atom is 0.639 e. The van der Waals surface area contributed by atoms with E-state index in [1.165, 1.54) is 0 Å². The van der Waals surface area contributed by atoms with Gasteiger partial charge in [0.25, 0.3) is 0 Å². The van der Waals surface area contributed by atoms with Gasteiger partial charge in [-0.25, -0.2) is 0 Å². The molecule has 0 spiro atoms. The van der Waals surface area contributed by atoms with Crippen molar-refractivity contribution < 1.29 is 14.0 Å². The standard InChI is InChI=1S/C10H23BO3S3/c1-3-16-9-6-13-11(12-5-8-15)14-7-10-17-4-2/h15H,3-10H2,1-2H3. The fourth-order valence-corrected chi connectivity index (χ4v) is 2.10. The van der Waals surface area contributed by atoms with Crippen LogP contribution in [-0.2, 0) is 14.0 Å². The SMILES string of the molecule is CCSCCOB(OCCS)OCCSCC. The first kappa shape index (κ1) is 18.0. The molecule has 0 bridgehead atoms. The highest BCUT2D eigenvalue weighted by Gasteiger charge is 2.20. The van der Waals surface area contributed by atoms with Crippen molar-refractivity contribution in [3.63, 3.8) is 0 Å². The largest absolute Gasteiger partial charge is 0.639 e. The summed E-state index contributed by atoms with van der Waals surface area (Å²) in [4.78, 5) is 0. The molecule has 0 saturated carbocycles. The number of thioether (sulfide) groups is 2. The highest BCUT2D eigenvalue weighted by molar-refractivity contribution is 7.99. The molecule has 0 saturated heterocycles. The summed E-state index contributed by atoms with van der Waals surface area (Å²) in [6, 6.07) is 0. The first-order valence-electron chi connectivity index (χ1n) is 5.96. The van der Waals surface area contributed by atoms with Gasteiger partial charge in [-0.2, -0.15) is 36.2 Å². The van der Waals surface area contributed by atoms with Gasteiger partial charge in [-0.15, -0.1) is 0 Å². The zero-order chi connectivity index (χ0) is 12.8. The summed E-state index contributed by atoms with van der Waals surface area (Å²) in [6.45, 7) is 6.15. The summed E-state index contributed by atoms with van der Waals surface area (Å²) < 4.78 is 16.4. The Balaban J connectivity index is 3.56. The van der Waals surface area contributed by atoms with E-state index in [9.17, 15) is 0 Å². The smallest absolute Gasteiger partial charge is 0.385 e. The van der Waals surface area contributed by atoms with Crippen LogP contribution in [0.1, 0.15) is 13.8 Å². The van der Waals surface area contributed by atoms with Gasteiger partial charge < -0.3 is 14.0 Å². The van der Waals surface area contributed by atoms with Crippen molar-refractivity contribution in [1.29, 1.82) is 0 Å². The Bertz CT molecular complexity index is 143. The molecule has 0 amide bonds. The number of rotatable bonds is 13. The Kier molecular flexibility index (Phi) is 15.9. The molecule has 0 atom stereocenters. The molecule has 0 aromatic heterocycles. The highest BCUT2D eigenvalue weighted by Crippen LogP contribution is 2.02.